The molecule has 0 heteroatoms. The van der Waals surface area contributed by atoms with Crippen LogP contribution >= 0.6 is 0 Å². The summed E-state index contributed by atoms with van der Waals surface area (Å²) in [4.78, 5) is 0. The summed E-state index contributed by atoms with van der Waals surface area (Å²) in [5.74, 6) is 0.769. The van der Waals surface area contributed by atoms with Gasteiger partial charge in [-0.25, -0.2) is 0 Å². The summed E-state index contributed by atoms with van der Waals surface area (Å²) in [6, 6.07) is 0. The minimum absolute atomic E-state index is 0.769. The van der Waals surface area contributed by atoms with Crippen LogP contribution in [0.1, 0.15) is 26.7 Å². The first-order valence-corrected chi connectivity index (χ1v) is 2.84. The Labute approximate surface area is 46.2 Å². The molecule has 0 saturated carbocycles. The van der Waals surface area contributed by atoms with Crippen LogP contribution in [0.4, 0.5) is 0 Å². The molecule has 0 aromatic carbocycles. The summed E-state index contributed by atoms with van der Waals surface area (Å²) < 4.78 is 0. The fraction of sp³-hybridized carbons (Fsp3) is 0.714. The minimum Gasteiger partial charge on any atom is -0.0843 e. The second-order valence-corrected chi connectivity index (χ2v) is 1.98. The molecule has 0 amide bonds. The highest BCUT2D eigenvalue weighted by atomic mass is 14.0. The van der Waals surface area contributed by atoms with E-state index in [2.05, 4.69) is 13.8 Å². The fourth-order valence-corrected chi connectivity index (χ4v) is 0.399. The molecule has 1 radical (unpaired) electrons. The second kappa shape index (κ2) is 3.91. The Morgan fingerprint density at radius 1 is 1.71 bits per heavy atom. The summed E-state index contributed by atoms with van der Waals surface area (Å²) in [6.07, 6.45) is 4.01. The lowest BCUT2D eigenvalue weighted by Crippen LogP contribution is -1.86. The van der Waals surface area contributed by atoms with E-state index in [1.54, 1.807) is 6.08 Å². The molecule has 0 aliphatic rings. The highest BCUT2D eigenvalue weighted by Gasteiger charge is 1.90. The van der Waals surface area contributed by atoms with Gasteiger partial charge in [-0.2, -0.15) is 0 Å². The smallest absolute Gasteiger partial charge is 0.0322 e. The maximum absolute atomic E-state index is 5.18. The van der Waals surface area contributed by atoms with E-state index < -0.39 is 0 Å². The Hall–Kier alpha value is -0.260. The molecule has 1 atom stereocenters. The molecular formula is C7H13. The first-order valence-electron chi connectivity index (χ1n) is 2.84. The van der Waals surface area contributed by atoms with Crippen LogP contribution in [0.2, 0.25) is 0 Å². The quantitative estimate of drug-likeness (QED) is 0.507. The van der Waals surface area contributed by atoms with Crippen molar-refractivity contribution in [2.75, 3.05) is 0 Å². The van der Waals surface area contributed by atoms with Crippen LogP contribution in [0.3, 0.4) is 0 Å². The number of hydrogen-bond acceptors (Lipinski definition) is 0. The van der Waals surface area contributed by atoms with Crippen molar-refractivity contribution in [2.45, 2.75) is 26.7 Å². The highest BCUT2D eigenvalue weighted by molar-refractivity contribution is 4.65. The molecule has 0 fully saturated rings. The maximum atomic E-state index is 5.18. The Morgan fingerprint density at radius 3 is 2.43 bits per heavy atom. The molecule has 7 heavy (non-hydrogen) atoms. The van der Waals surface area contributed by atoms with Crippen molar-refractivity contribution in [3.8, 4) is 0 Å². The predicted octanol–water partition coefficient (Wildman–Crippen LogP) is 2.41. The van der Waals surface area contributed by atoms with Crippen molar-refractivity contribution in [3.63, 3.8) is 0 Å². The summed E-state index contributed by atoms with van der Waals surface area (Å²) in [5.41, 5.74) is 0. The SMILES string of the molecule is [CH]=CC[C@@H](C)CC. The van der Waals surface area contributed by atoms with Gasteiger partial charge in [-0.15, -0.1) is 0 Å². The Bertz CT molecular complexity index is 46.0. The number of allylic oxidation sites excluding steroid dienone is 1. The number of rotatable bonds is 3. The van der Waals surface area contributed by atoms with Crippen molar-refractivity contribution in [1.29, 1.82) is 0 Å². The van der Waals surface area contributed by atoms with E-state index in [-0.39, 0.29) is 0 Å². The van der Waals surface area contributed by atoms with Gasteiger partial charge in [0.05, 0.1) is 0 Å². The molecule has 0 spiro atoms. The van der Waals surface area contributed by atoms with Crippen LogP contribution in [0, 0.1) is 12.5 Å². The van der Waals surface area contributed by atoms with Crippen LogP contribution in [-0.4, -0.2) is 0 Å². The molecule has 0 unspecified atom stereocenters. The van der Waals surface area contributed by atoms with Gasteiger partial charge in [0.25, 0.3) is 0 Å². The number of hydrogen-bond donors (Lipinski definition) is 0. The lowest BCUT2D eigenvalue weighted by atomic mass is 10.1. The molecule has 41 valence electrons. The Morgan fingerprint density at radius 2 is 2.29 bits per heavy atom. The maximum Gasteiger partial charge on any atom is -0.0322 e. The second-order valence-electron chi connectivity index (χ2n) is 1.98. The third-order valence-electron chi connectivity index (χ3n) is 1.24. The van der Waals surface area contributed by atoms with E-state index in [0.29, 0.717) is 0 Å². The molecule has 0 aliphatic heterocycles. The Kier molecular flexibility index (Phi) is 3.77. The van der Waals surface area contributed by atoms with Crippen LogP contribution in [-0.2, 0) is 0 Å². The zero-order valence-electron chi connectivity index (χ0n) is 5.15. The van der Waals surface area contributed by atoms with Crippen molar-refractivity contribution in [3.05, 3.63) is 12.7 Å². The van der Waals surface area contributed by atoms with Gasteiger partial charge in [0, 0.05) is 0 Å². The van der Waals surface area contributed by atoms with Crippen LogP contribution in [0.15, 0.2) is 6.08 Å². The van der Waals surface area contributed by atoms with Gasteiger partial charge in [0.15, 0.2) is 0 Å². The topological polar surface area (TPSA) is 0 Å². The third kappa shape index (κ3) is 3.57. The lowest BCUT2D eigenvalue weighted by Gasteiger charge is -2.00. The monoisotopic (exact) mass is 97.1 g/mol. The molecular weight excluding hydrogens is 84.1 g/mol. The average Bonchev–Trinajstić information content (AvgIpc) is 1.68. The summed E-state index contributed by atoms with van der Waals surface area (Å²) >= 11 is 0. The fourth-order valence-electron chi connectivity index (χ4n) is 0.399. The van der Waals surface area contributed by atoms with Crippen molar-refractivity contribution < 1.29 is 0 Å². The van der Waals surface area contributed by atoms with Crippen LogP contribution in [0.5, 0.6) is 0 Å². The molecule has 0 aromatic rings. The largest absolute Gasteiger partial charge is 0.0843 e. The average molecular weight is 97.2 g/mol. The molecule has 0 N–H and O–H groups in total. The summed E-state index contributed by atoms with van der Waals surface area (Å²) in [7, 11) is 0. The van der Waals surface area contributed by atoms with E-state index in [9.17, 15) is 0 Å². The minimum atomic E-state index is 0.769. The van der Waals surface area contributed by atoms with Gasteiger partial charge >= 0.3 is 0 Å². The van der Waals surface area contributed by atoms with E-state index in [1.807, 2.05) is 0 Å². The van der Waals surface area contributed by atoms with Gasteiger partial charge in [-0.05, 0) is 12.3 Å². The Balaban J connectivity index is 2.98. The highest BCUT2D eigenvalue weighted by Crippen LogP contribution is 2.04. The van der Waals surface area contributed by atoms with E-state index in [4.69, 9.17) is 6.58 Å². The van der Waals surface area contributed by atoms with Gasteiger partial charge in [0.2, 0.25) is 0 Å². The molecule has 0 heterocycles. The molecule has 0 nitrogen and oxygen atoms in total. The third-order valence-corrected chi connectivity index (χ3v) is 1.24. The lowest BCUT2D eigenvalue weighted by molar-refractivity contribution is 0.572. The summed E-state index contributed by atoms with van der Waals surface area (Å²) in [6.45, 7) is 9.55. The van der Waals surface area contributed by atoms with E-state index in [1.165, 1.54) is 6.42 Å². The van der Waals surface area contributed by atoms with Crippen LogP contribution < -0.4 is 0 Å². The first-order chi connectivity index (χ1) is 3.31. The zero-order valence-corrected chi connectivity index (χ0v) is 5.15. The van der Waals surface area contributed by atoms with E-state index >= 15 is 0 Å². The molecule has 0 saturated heterocycles. The zero-order chi connectivity index (χ0) is 5.70. The van der Waals surface area contributed by atoms with Crippen molar-refractivity contribution in [2.24, 2.45) is 5.92 Å². The van der Waals surface area contributed by atoms with Crippen molar-refractivity contribution >= 4 is 0 Å². The molecule has 0 aromatic heterocycles. The molecule has 0 aliphatic carbocycles. The van der Waals surface area contributed by atoms with Gasteiger partial charge < -0.3 is 0 Å². The van der Waals surface area contributed by atoms with Gasteiger partial charge in [0.1, 0.15) is 0 Å². The van der Waals surface area contributed by atoms with Gasteiger partial charge in [-0.1, -0.05) is 32.9 Å². The normalized spacial score (nSPS) is 13.4. The molecule has 0 rings (SSSR count). The standard InChI is InChI=1S/C7H13/c1-4-6-7(3)5-2/h1,4,7H,5-6H2,2-3H3/t7-/m0/s1. The molecule has 0 bridgehead atoms. The summed E-state index contributed by atoms with van der Waals surface area (Å²) in [5, 5.41) is 0. The van der Waals surface area contributed by atoms with E-state index in [0.717, 1.165) is 12.3 Å². The first kappa shape index (κ1) is 6.74. The van der Waals surface area contributed by atoms with Crippen LogP contribution in [0.25, 0.3) is 0 Å². The predicted molar refractivity (Wildman–Crippen MR) is 32.9 cm³/mol. The van der Waals surface area contributed by atoms with Crippen molar-refractivity contribution in [1.82, 2.24) is 0 Å². The van der Waals surface area contributed by atoms with Gasteiger partial charge in [-0.3, -0.25) is 0 Å².